The molecule has 0 aliphatic carbocycles. The van der Waals surface area contributed by atoms with Crippen LogP contribution in [0.4, 0.5) is 0 Å². The van der Waals surface area contributed by atoms with Gasteiger partial charge in [0.2, 0.25) is 0 Å². The van der Waals surface area contributed by atoms with Gasteiger partial charge in [-0.05, 0) is 13.0 Å². The molecular weight excluding hydrogens is 288 g/mol. The van der Waals surface area contributed by atoms with Crippen molar-refractivity contribution in [1.29, 1.82) is 0 Å². The van der Waals surface area contributed by atoms with Crippen LogP contribution in [0.5, 0.6) is 0 Å². The van der Waals surface area contributed by atoms with Crippen LogP contribution in [0.25, 0.3) is 17.2 Å². The maximum atomic E-state index is 6.03. The predicted octanol–water partition coefficient (Wildman–Crippen LogP) is -1.17. The number of hydrogen-bond acceptors (Lipinski definition) is 4. The Morgan fingerprint density at radius 1 is 1.19 bits per heavy atom. The third-order valence-electron chi connectivity index (χ3n) is 3.16. The summed E-state index contributed by atoms with van der Waals surface area (Å²) in [7, 11) is 0. The summed E-state index contributed by atoms with van der Waals surface area (Å²) in [6, 6.07) is 12.0. The van der Waals surface area contributed by atoms with E-state index in [2.05, 4.69) is 15.3 Å². The van der Waals surface area contributed by atoms with E-state index in [1.54, 1.807) is 4.68 Å². The van der Waals surface area contributed by atoms with Crippen LogP contribution in [-0.2, 0) is 6.42 Å². The summed E-state index contributed by atoms with van der Waals surface area (Å²) in [6.45, 7) is 3.94. The van der Waals surface area contributed by atoms with Crippen LogP contribution in [0.2, 0.25) is 0 Å². The molecule has 3 aromatic rings. The number of rotatable bonds is 3. The minimum absolute atomic E-state index is 0. The Bertz CT molecular complexity index is 737. The SMILES string of the molecule is CCc1nnc(-n2nc(C)cc2-c2ccccc2)n1N.[Cl-].[H+]. The van der Waals surface area contributed by atoms with Gasteiger partial charge in [-0.2, -0.15) is 9.78 Å². The van der Waals surface area contributed by atoms with E-state index in [9.17, 15) is 0 Å². The normalized spacial score (nSPS) is 10.4. The lowest BCUT2D eigenvalue weighted by Crippen LogP contribution is -3.00. The first-order valence-electron chi connectivity index (χ1n) is 6.52. The van der Waals surface area contributed by atoms with Crippen LogP contribution in [0.15, 0.2) is 36.4 Å². The highest BCUT2D eigenvalue weighted by Crippen LogP contribution is 2.22. The van der Waals surface area contributed by atoms with Crippen LogP contribution in [0, 0.1) is 6.92 Å². The molecule has 0 saturated heterocycles. The molecule has 0 aliphatic rings. The Labute approximate surface area is 130 Å². The van der Waals surface area contributed by atoms with Crippen LogP contribution in [0.1, 0.15) is 19.9 Å². The van der Waals surface area contributed by atoms with Crippen molar-refractivity contribution in [3.05, 3.63) is 47.9 Å². The van der Waals surface area contributed by atoms with Crippen LogP contribution in [-0.4, -0.2) is 24.7 Å². The summed E-state index contributed by atoms with van der Waals surface area (Å²) in [5.41, 5.74) is 2.92. The van der Waals surface area contributed by atoms with Gasteiger partial charge in [0.25, 0.3) is 5.95 Å². The molecule has 3 rings (SSSR count). The van der Waals surface area contributed by atoms with Gasteiger partial charge in [-0.3, -0.25) is 0 Å². The first kappa shape index (κ1) is 15.1. The van der Waals surface area contributed by atoms with Crippen molar-refractivity contribution in [2.24, 2.45) is 0 Å². The third-order valence-corrected chi connectivity index (χ3v) is 3.16. The van der Waals surface area contributed by atoms with Gasteiger partial charge >= 0.3 is 1.43 Å². The molecule has 2 N–H and O–H groups in total. The molecule has 7 heteroatoms. The van der Waals surface area contributed by atoms with E-state index in [4.69, 9.17) is 5.84 Å². The van der Waals surface area contributed by atoms with Gasteiger partial charge in [-0.15, -0.1) is 10.2 Å². The number of nitrogens with zero attached hydrogens (tertiary/aromatic N) is 5. The van der Waals surface area contributed by atoms with E-state index < -0.39 is 0 Å². The second kappa shape index (κ2) is 5.97. The minimum atomic E-state index is 0. The summed E-state index contributed by atoms with van der Waals surface area (Å²) < 4.78 is 3.22. The smallest absolute Gasteiger partial charge is 1.00 e. The largest absolute Gasteiger partial charge is 1.00 e. The number of hydrogen-bond donors (Lipinski definition) is 1. The molecule has 0 atom stereocenters. The van der Waals surface area contributed by atoms with E-state index in [1.807, 2.05) is 50.2 Å². The molecule has 110 valence electrons. The molecule has 0 amide bonds. The van der Waals surface area contributed by atoms with Crippen molar-refractivity contribution in [2.75, 3.05) is 5.84 Å². The Morgan fingerprint density at radius 3 is 2.52 bits per heavy atom. The molecule has 0 saturated carbocycles. The molecule has 0 aliphatic heterocycles. The molecule has 6 nitrogen and oxygen atoms in total. The fourth-order valence-electron chi connectivity index (χ4n) is 2.17. The monoisotopic (exact) mass is 304 g/mol. The van der Waals surface area contributed by atoms with E-state index >= 15 is 0 Å². The number of benzene rings is 1. The van der Waals surface area contributed by atoms with E-state index in [0.717, 1.165) is 29.2 Å². The van der Waals surface area contributed by atoms with Gasteiger partial charge in [0, 0.05) is 12.0 Å². The van der Waals surface area contributed by atoms with Crippen molar-refractivity contribution in [2.45, 2.75) is 20.3 Å². The van der Waals surface area contributed by atoms with Crippen LogP contribution < -0.4 is 18.2 Å². The third kappa shape index (κ3) is 2.62. The Hall–Kier alpha value is -2.34. The molecule has 2 aromatic heterocycles. The Kier molecular flexibility index (Phi) is 4.28. The molecule has 2 heterocycles. The summed E-state index contributed by atoms with van der Waals surface area (Å²) in [5, 5.41) is 12.7. The quantitative estimate of drug-likeness (QED) is 0.619. The fraction of sp³-hybridized carbons (Fsp3) is 0.214. The van der Waals surface area contributed by atoms with E-state index in [0.29, 0.717) is 5.95 Å². The zero-order valence-electron chi connectivity index (χ0n) is 12.9. The molecule has 21 heavy (non-hydrogen) atoms. The lowest BCUT2D eigenvalue weighted by molar-refractivity contribution is -0.00000441. The van der Waals surface area contributed by atoms with Crippen LogP contribution in [0.3, 0.4) is 0 Å². The maximum absolute atomic E-state index is 6.03. The number of nitrogens with two attached hydrogens (primary N) is 1. The number of nitrogen functional groups attached to an aromatic ring is 1. The first-order valence-corrected chi connectivity index (χ1v) is 6.52. The van der Waals surface area contributed by atoms with Crippen molar-refractivity contribution in [3.8, 4) is 17.2 Å². The highest BCUT2D eigenvalue weighted by Gasteiger charge is 2.16. The zero-order valence-corrected chi connectivity index (χ0v) is 12.6. The second-order valence-electron chi connectivity index (χ2n) is 4.59. The molecule has 0 unspecified atom stereocenters. The number of aromatic nitrogens is 5. The summed E-state index contributed by atoms with van der Waals surface area (Å²) >= 11 is 0. The molecular formula is C14H17ClN6. The summed E-state index contributed by atoms with van der Waals surface area (Å²) in [5.74, 6) is 7.28. The van der Waals surface area contributed by atoms with Gasteiger partial charge in [0.1, 0.15) is 0 Å². The van der Waals surface area contributed by atoms with Crippen molar-refractivity contribution < 1.29 is 13.8 Å². The van der Waals surface area contributed by atoms with Crippen molar-refractivity contribution in [1.82, 2.24) is 24.7 Å². The van der Waals surface area contributed by atoms with Crippen molar-refractivity contribution >= 4 is 0 Å². The first-order chi connectivity index (χ1) is 9.70. The average Bonchev–Trinajstić information content (AvgIpc) is 3.02. The Morgan fingerprint density at radius 2 is 1.90 bits per heavy atom. The summed E-state index contributed by atoms with van der Waals surface area (Å²) in [6.07, 6.45) is 0.727. The summed E-state index contributed by atoms with van der Waals surface area (Å²) in [4.78, 5) is 0. The minimum Gasteiger partial charge on any atom is -1.00 e. The van der Waals surface area contributed by atoms with E-state index in [1.165, 1.54) is 4.68 Å². The van der Waals surface area contributed by atoms with Gasteiger partial charge in [0.05, 0.1) is 11.4 Å². The number of halogens is 1. The maximum Gasteiger partial charge on any atom is 1.00 e. The van der Waals surface area contributed by atoms with Crippen molar-refractivity contribution in [3.63, 3.8) is 0 Å². The topological polar surface area (TPSA) is 74.5 Å². The van der Waals surface area contributed by atoms with E-state index in [-0.39, 0.29) is 13.8 Å². The van der Waals surface area contributed by atoms with Gasteiger partial charge < -0.3 is 18.2 Å². The lowest BCUT2D eigenvalue weighted by atomic mass is 10.1. The molecule has 0 spiro atoms. The average molecular weight is 305 g/mol. The predicted molar refractivity (Wildman–Crippen MR) is 78.0 cm³/mol. The highest BCUT2D eigenvalue weighted by atomic mass is 35.5. The van der Waals surface area contributed by atoms with Gasteiger partial charge in [0.15, 0.2) is 5.82 Å². The van der Waals surface area contributed by atoms with Gasteiger partial charge in [-0.25, -0.2) is 4.68 Å². The number of aryl methyl sites for hydroxylation is 2. The van der Waals surface area contributed by atoms with Gasteiger partial charge in [-0.1, -0.05) is 37.3 Å². The molecule has 0 fully saturated rings. The fourth-order valence-corrected chi connectivity index (χ4v) is 2.17. The Balaban J connectivity index is 0.00000121. The lowest BCUT2D eigenvalue weighted by Gasteiger charge is -2.06. The zero-order chi connectivity index (χ0) is 14.1. The highest BCUT2D eigenvalue weighted by molar-refractivity contribution is 5.61. The van der Waals surface area contributed by atoms with Crippen LogP contribution >= 0.6 is 0 Å². The second-order valence-corrected chi connectivity index (χ2v) is 4.59. The molecule has 0 radical (unpaired) electrons. The molecule has 1 aromatic carbocycles. The molecule has 0 bridgehead atoms. The standard InChI is InChI=1S/C14H16N6.ClH/c1-3-13-16-17-14(19(13)15)20-12(9-10(2)18-20)11-7-5-4-6-8-11;/h4-9H,3,15H2,1-2H3;1H.